The van der Waals surface area contributed by atoms with E-state index in [2.05, 4.69) is 15.6 Å². The van der Waals surface area contributed by atoms with E-state index >= 15 is 0 Å². The number of para-hydroxylation sites is 1. The third-order valence-electron chi connectivity index (χ3n) is 3.66. The first-order chi connectivity index (χ1) is 12.3. The maximum absolute atomic E-state index is 12.7. The molecule has 6 heteroatoms. The second-order valence-electron chi connectivity index (χ2n) is 7.03. The molecule has 0 atom stereocenters. The molecule has 1 aromatic carbocycles. The molecule has 0 saturated carbocycles. The summed E-state index contributed by atoms with van der Waals surface area (Å²) in [6.45, 7) is 5.57. The topological polar surface area (TPSA) is 84.2 Å². The van der Waals surface area contributed by atoms with Gasteiger partial charge in [0.2, 0.25) is 5.91 Å². The van der Waals surface area contributed by atoms with Crippen LogP contribution >= 0.6 is 0 Å². The third-order valence-corrected chi connectivity index (χ3v) is 3.66. The van der Waals surface area contributed by atoms with Gasteiger partial charge in [0.25, 0.3) is 5.91 Å². The molecule has 2 heterocycles. The second-order valence-corrected chi connectivity index (χ2v) is 7.03. The highest BCUT2D eigenvalue weighted by Gasteiger charge is 2.17. The maximum atomic E-state index is 12.7. The van der Waals surface area contributed by atoms with Crippen LogP contribution in [0, 0.1) is 0 Å². The Morgan fingerprint density at radius 2 is 1.88 bits per heavy atom. The largest absolute Gasteiger partial charge is 0.463 e. The third kappa shape index (κ3) is 4.08. The number of nitrogens with zero attached hydrogens (tertiary/aromatic N) is 1. The minimum atomic E-state index is -0.350. The van der Waals surface area contributed by atoms with E-state index in [0.717, 1.165) is 5.39 Å². The Morgan fingerprint density at radius 3 is 2.58 bits per heavy atom. The highest BCUT2D eigenvalue weighted by atomic mass is 16.3. The van der Waals surface area contributed by atoms with Crippen LogP contribution in [0.5, 0.6) is 0 Å². The van der Waals surface area contributed by atoms with E-state index in [-0.39, 0.29) is 23.9 Å². The summed E-state index contributed by atoms with van der Waals surface area (Å²) in [6, 6.07) is 12.6. The van der Waals surface area contributed by atoms with Gasteiger partial charge in [-0.3, -0.25) is 9.59 Å². The first-order valence-corrected chi connectivity index (χ1v) is 8.36. The molecule has 0 bridgehead atoms. The minimum Gasteiger partial charge on any atom is -0.463 e. The van der Waals surface area contributed by atoms with Gasteiger partial charge in [0.15, 0.2) is 5.76 Å². The summed E-state index contributed by atoms with van der Waals surface area (Å²) >= 11 is 0. The van der Waals surface area contributed by atoms with Crippen molar-refractivity contribution >= 4 is 22.7 Å². The molecule has 0 aliphatic heterocycles. The smallest absolute Gasteiger partial charge is 0.252 e. The van der Waals surface area contributed by atoms with Crippen LogP contribution in [0.4, 0.5) is 0 Å². The Kier molecular flexibility index (Phi) is 4.75. The second kappa shape index (κ2) is 7.00. The van der Waals surface area contributed by atoms with Gasteiger partial charge in [0, 0.05) is 10.9 Å². The summed E-state index contributed by atoms with van der Waals surface area (Å²) < 4.78 is 5.40. The molecule has 0 fully saturated rings. The molecular weight excluding hydrogens is 330 g/mol. The van der Waals surface area contributed by atoms with Gasteiger partial charge in [-0.05, 0) is 45.0 Å². The molecule has 0 unspecified atom stereocenters. The maximum Gasteiger partial charge on any atom is 0.252 e. The summed E-state index contributed by atoms with van der Waals surface area (Å²) in [6.07, 6.45) is 1.56. The van der Waals surface area contributed by atoms with Gasteiger partial charge in [-0.25, -0.2) is 4.98 Å². The molecule has 3 aromatic rings. The molecule has 0 saturated heterocycles. The monoisotopic (exact) mass is 351 g/mol. The predicted molar refractivity (Wildman–Crippen MR) is 99.7 cm³/mol. The van der Waals surface area contributed by atoms with E-state index in [1.807, 2.05) is 45.0 Å². The Morgan fingerprint density at radius 1 is 1.12 bits per heavy atom. The lowest BCUT2D eigenvalue weighted by atomic mass is 10.1. The van der Waals surface area contributed by atoms with Crippen molar-refractivity contribution in [1.29, 1.82) is 0 Å². The SMILES string of the molecule is CC(C)(C)NC(=O)CNC(=O)c1cc(-c2ccco2)nc2ccccc12. The molecule has 2 aromatic heterocycles. The van der Waals surface area contributed by atoms with Gasteiger partial charge < -0.3 is 15.1 Å². The minimum absolute atomic E-state index is 0.0944. The van der Waals surface area contributed by atoms with Gasteiger partial charge in [-0.1, -0.05) is 18.2 Å². The van der Waals surface area contributed by atoms with Crippen LogP contribution in [0.15, 0.2) is 53.1 Å². The molecule has 6 nitrogen and oxygen atoms in total. The van der Waals surface area contributed by atoms with E-state index in [9.17, 15) is 9.59 Å². The van der Waals surface area contributed by atoms with Crippen LogP contribution in [-0.2, 0) is 4.79 Å². The number of rotatable bonds is 4. The number of pyridine rings is 1. The van der Waals surface area contributed by atoms with Gasteiger partial charge >= 0.3 is 0 Å². The van der Waals surface area contributed by atoms with Crippen molar-refractivity contribution in [3.8, 4) is 11.5 Å². The van der Waals surface area contributed by atoms with Gasteiger partial charge in [0.05, 0.1) is 23.9 Å². The van der Waals surface area contributed by atoms with Crippen molar-refractivity contribution in [2.24, 2.45) is 0 Å². The fraction of sp³-hybridized carbons (Fsp3) is 0.250. The lowest BCUT2D eigenvalue weighted by molar-refractivity contribution is -0.121. The van der Waals surface area contributed by atoms with E-state index in [1.54, 1.807) is 24.5 Å². The average Bonchev–Trinajstić information content (AvgIpc) is 3.12. The lowest BCUT2D eigenvalue weighted by Crippen LogP contribution is -2.45. The fourth-order valence-corrected chi connectivity index (χ4v) is 2.63. The number of furan rings is 1. The van der Waals surface area contributed by atoms with Crippen molar-refractivity contribution in [3.05, 3.63) is 54.3 Å². The predicted octanol–water partition coefficient (Wildman–Crippen LogP) is 3.14. The zero-order valence-corrected chi connectivity index (χ0v) is 15.0. The van der Waals surface area contributed by atoms with Gasteiger partial charge in [-0.15, -0.1) is 0 Å². The highest BCUT2D eigenvalue weighted by Crippen LogP contribution is 2.25. The van der Waals surface area contributed by atoms with Crippen molar-refractivity contribution < 1.29 is 14.0 Å². The van der Waals surface area contributed by atoms with Crippen molar-refractivity contribution in [2.75, 3.05) is 6.54 Å². The van der Waals surface area contributed by atoms with Crippen molar-refractivity contribution in [1.82, 2.24) is 15.6 Å². The van der Waals surface area contributed by atoms with E-state index < -0.39 is 0 Å². The normalized spacial score (nSPS) is 11.3. The van der Waals surface area contributed by atoms with Crippen molar-refractivity contribution in [2.45, 2.75) is 26.3 Å². The molecular formula is C20H21N3O3. The Balaban J connectivity index is 1.88. The summed E-state index contributed by atoms with van der Waals surface area (Å²) in [5.74, 6) is 0.00575. The van der Waals surface area contributed by atoms with E-state index in [0.29, 0.717) is 22.5 Å². The zero-order chi connectivity index (χ0) is 18.7. The first kappa shape index (κ1) is 17.7. The number of carbonyl (C=O) groups is 2. The number of amides is 2. The molecule has 2 N–H and O–H groups in total. The van der Waals surface area contributed by atoms with Crippen LogP contribution < -0.4 is 10.6 Å². The summed E-state index contributed by atoms with van der Waals surface area (Å²) in [5, 5.41) is 6.21. The van der Waals surface area contributed by atoms with Gasteiger partial charge in [0.1, 0.15) is 5.69 Å². The number of aromatic nitrogens is 1. The highest BCUT2D eigenvalue weighted by molar-refractivity contribution is 6.07. The molecule has 0 aliphatic rings. The Hall–Kier alpha value is -3.15. The number of benzene rings is 1. The Bertz CT molecular complexity index is 941. The summed E-state index contributed by atoms with van der Waals surface area (Å²) in [7, 11) is 0. The number of nitrogens with one attached hydrogen (secondary N) is 2. The zero-order valence-electron chi connectivity index (χ0n) is 15.0. The van der Waals surface area contributed by atoms with E-state index in [4.69, 9.17) is 4.42 Å². The molecule has 0 spiro atoms. The average molecular weight is 351 g/mol. The molecule has 0 aliphatic carbocycles. The van der Waals surface area contributed by atoms with Crippen LogP contribution in [0.25, 0.3) is 22.4 Å². The number of fused-ring (bicyclic) bond motifs is 1. The Labute approximate surface area is 151 Å². The van der Waals surface area contributed by atoms with E-state index in [1.165, 1.54) is 0 Å². The fourth-order valence-electron chi connectivity index (χ4n) is 2.63. The number of hydrogen-bond donors (Lipinski definition) is 2. The van der Waals surface area contributed by atoms with Crippen LogP contribution in [0.3, 0.4) is 0 Å². The molecule has 0 radical (unpaired) electrons. The van der Waals surface area contributed by atoms with Crippen LogP contribution in [0.2, 0.25) is 0 Å². The van der Waals surface area contributed by atoms with Gasteiger partial charge in [-0.2, -0.15) is 0 Å². The van der Waals surface area contributed by atoms with Crippen molar-refractivity contribution in [3.63, 3.8) is 0 Å². The molecule has 26 heavy (non-hydrogen) atoms. The molecule has 134 valence electrons. The van der Waals surface area contributed by atoms with Crippen LogP contribution in [-0.4, -0.2) is 28.9 Å². The summed E-state index contributed by atoms with van der Waals surface area (Å²) in [5.41, 5.74) is 1.35. The first-order valence-electron chi connectivity index (χ1n) is 8.36. The van der Waals surface area contributed by atoms with Crippen LogP contribution in [0.1, 0.15) is 31.1 Å². The molecule has 3 rings (SSSR count). The number of carbonyl (C=O) groups excluding carboxylic acids is 2. The standard InChI is InChI=1S/C20H21N3O3/c1-20(2,3)23-18(24)12-21-19(25)14-11-16(17-9-6-10-26-17)22-15-8-5-4-7-13(14)15/h4-11H,12H2,1-3H3,(H,21,25)(H,23,24). The quantitative estimate of drug-likeness (QED) is 0.756. The lowest BCUT2D eigenvalue weighted by Gasteiger charge is -2.20. The number of hydrogen-bond acceptors (Lipinski definition) is 4. The molecule has 2 amide bonds. The summed E-state index contributed by atoms with van der Waals surface area (Å²) in [4.78, 5) is 29.2.